The lowest BCUT2D eigenvalue weighted by Crippen LogP contribution is -2.41. The summed E-state index contributed by atoms with van der Waals surface area (Å²) in [5, 5.41) is 4.29. The molecule has 0 heterocycles. The molecule has 2 heteroatoms. The van der Waals surface area contributed by atoms with Gasteiger partial charge in [-0.1, -0.05) is 38.1 Å². The van der Waals surface area contributed by atoms with Gasteiger partial charge in [0.15, 0.2) is 0 Å². The highest BCUT2D eigenvalue weighted by Crippen LogP contribution is 2.43. The molecule has 2 atom stereocenters. The van der Waals surface area contributed by atoms with Crippen LogP contribution in [-0.4, -0.2) is 18.3 Å². The fourth-order valence-corrected chi connectivity index (χ4v) is 4.76. The normalized spacial score (nSPS) is 26.4. The van der Waals surface area contributed by atoms with Crippen molar-refractivity contribution in [2.45, 2.75) is 50.7 Å². The number of benzene rings is 1. The summed E-state index contributed by atoms with van der Waals surface area (Å²) in [6.45, 7) is 7.00. The van der Waals surface area contributed by atoms with Gasteiger partial charge < -0.3 is 5.32 Å². The Kier molecular flexibility index (Phi) is 4.39. The van der Waals surface area contributed by atoms with E-state index in [2.05, 4.69) is 69.2 Å². The fourth-order valence-electron chi connectivity index (χ4n) is 3.06. The molecule has 1 N–H and O–H groups in total. The number of rotatable bonds is 4. The Balaban J connectivity index is 1.97. The zero-order chi connectivity index (χ0) is 13.2. The Morgan fingerprint density at radius 3 is 2.72 bits per heavy atom. The molecule has 0 aliphatic heterocycles. The molecule has 100 valence electrons. The average molecular weight is 263 g/mol. The fraction of sp³-hybridized carbons (Fsp3) is 0.625. The molecule has 0 saturated heterocycles. The molecule has 1 aromatic carbocycles. The SMILES string of the molecule is CNC1C(SCc2ccccc2C)CCC1(C)C. The van der Waals surface area contributed by atoms with E-state index in [1.165, 1.54) is 24.0 Å². The van der Waals surface area contributed by atoms with E-state index < -0.39 is 0 Å². The van der Waals surface area contributed by atoms with Crippen LogP contribution in [0.15, 0.2) is 24.3 Å². The highest BCUT2D eigenvalue weighted by atomic mass is 32.2. The zero-order valence-electron chi connectivity index (χ0n) is 12.0. The van der Waals surface area contributed by atoms with E-state index in [1.807, 2.05) is 0 Å². The van der Waals surface area contributed by atoms with Crippen molar-refractivity contribution in [2.24, 2.45) is 5.41 Å². The van der Waals surface area contributed by atoms with Gasteiger partial charge in [-0.2, -0.15) is 11.8 Å². The first-order valence-corrected chi connectivity index (χ1v) is 7.93. The van der Waals surface area contributed by atoms with Crippen LogP contribution in [0.2, 0.25) is 0 Å². The van der Waals surface area contributed by atoms with Crippen LogP contribution in [0.4, 0.5) is 0 Å². The van der Waals surface area contributed by atoms with Gasteiger partial charge in [-0.15, -0.1) is 0 Å². The molecule has 0 radical (unpaired) electrons. The lowest BCUT2D eigenvalue weighted by atomic mass is 9.87. The molecule has 18 heavy (non-hydrogen) atoms. The maximum Gasteiger partial charge on any atom is 0.0234 e. The Bertz CT molecular complexity index is 400. The summed E-state index contributed by atoms with van der Waals surface area (Å²) in [4.78, 5) is 0. The van der Waals surface area contributed by atoms with Crippen molar-refractivity contribution in [1.82, 2.24) is 5.32 Å². The van der Waals surface area contributed by atoms with E-state index >= 15 is 0 Å². The Labute approximate surface area is 116 Å². The molecule has 0 aromatic heterocycles. The topological polar surface area (TPSA) is 12.0 Å². The lowest BCUT2D eigenvalue weighted by molar-refractivity contribution is 0.300. The van der Waals surface area contributed by atoms with Crippen LogP contribution in [0.3, 0.4) is 0 Å². The van der Waals surface area contributed by atoms with Crippen molar-refractivity contribution in [1.29, 1.82) is 0 Å². The van der Waals surface area contributed by atoms with Crippen molar-refractivity contribution >= 4 is 11.8 Å². The van der Waals surface area contributed by atoms with Crippen molar-refractivity contribution in [3.8, 4) is 0 Å². The van der Waals surface area contributed by atoms with Crippen LogP contribution >= 0.6 is 11.8 Å². The second kappa shape index (κ2) is 5.66. The quantitative estimate of drug-likeness (QED) is 0.881. The van der Waals surface area contributed by atoms with Gasteiger partial charge in [0, 0.05) is 17.0 Å². The van der Waals surface area contributed by atoms with Gasteiger partial charge in [-0.05, 0) is 43.4 Å². The monoisotopic (exact) mass is 263 g/mol. The summed E-state index contributed by atoms with van der Waals surface area (Å²) in [7, 11) is 2.11. The van der Waals surface area contributed by atoms with Crippen LogP contribution in [0.5, 0.6) is 0 Å². The highest BCUT2D eigenvalue weighted by molar-refractivity contribution is 7.99. The van der Waals surface area contributed by atoms with E-state index in [4.69, 9.17) is 0 Å². The molecule has 0 amide bonds. The van der Waals surface area contributed by atoms with Gasteiger partial charge in [0.1, 0.15) is 0 Å². The summed E-state index contributed by atoms with van der Waals surface area (Å²) >= 11 is 2.12. The smallest absolute Gasteiger partial charge is 0.0234 e. The van der Waals surface area contributed by atoms with Crippen LogP contribution in [0.25, 0.3) is 0 Å². The van der Waals surface area contributed by atoms with Gasteiger partial charge in [0.25, 0.3) is 0 Å². The standard InChI is InChI=1S/C16H25NS/c1-12-7-5-6-8-13(12)11-18-14-9-10-16(2,3)15(14)17-4/h5-8,14-15,17H,9-11H2,1-4H3. The Morgan fingerprint density at radius 2 is 2.06 bits per heavy atom. The first kappa shape index (κ1) is 14.0. The van der Waals surface area contributed by atoms with Gasteiger partial charge >= 0.3 is 0 Å². The lowest BCUT2D eigenvalue weighted by Gasteiger charge is -2.30. The molecular formula is C16H25NS. The van der Waals surface area contributed by atoms with Crippen molar-refractivity contribution in [3.05, 3.63) is 35.4 Å². The van der Waals surface area contributed by atoms with Crippen LogP contribution in [-0.2, 0) is 5.75 Å². The minimum absolute atomic E-state index is 0.443. The van der Waals surface area contributed by atoms with Gasteiger partial charge in [0.2, 0.25) is 0 Å². The number of hydrogen-bond acceptors (Lipinski definition) is 2. The van der Waals surface area contributed by atoms with E-state index in [0.717, 1.165) is 11.0 Å². The molecule has 0 spiro atoms. The summed E-state index contributed by atoms with van der Waals surface area (Å²) < 4.78 is 0. The maximum absolute atomic E-state index is 3.53. The van der Waals surface area contributed by atoms with Gasteiger partial charge in [-0.3, -0.25) is 0 Å². The van der Waals surface area contributed by atoms with Crippen LogP contribution in [0, 0.1) is 12.3 Å². The second-order valence-corrected chi connectivity index (χ2v) is 7.30. The second-order valence-electron chi connectivity index (χ2n) is 6.07. The van der Waals surface area contributed by atoms with E-state index in [-0.39, 0.29) is 0 Å². The average Bonchev–Trinajstić information content (AvgIpc) is 2.63. The van der Waals surface area contributed by atoms with Crippen molar-refractivity contribution < 1.29 is 0 Å². The Morgan fingerprint density at radius 1 is 1.33 bits per heavy atom. The molecule has 1 aliphatic rings. The van der Waals surface area contributed by atoms with Crippen LogP contribution in [0.1, 0.15) is 37.8 Å². The third-order valence-corrected chi connectivity index (χ3v) is 5.73. The first-order chi connectivity index (χ1) is 8.54. The molecule has 2 unspecified atom stereocenters. The molecule has 1 fully saturated rings. The number of thioether (sulfide) groups is 1. The minimum Gasteiger partial charge on any atom is -0.315 e. The molecule has 1 aromatic rings. The van der Waals surface area contributed by atoms with E-state index in [0.29, 0.717) is 11.5 Å². The van der Waals surface area contributed by atoms with E-state index in [9.17, 15) is 0 Å². The number of hydrogen-bond donors (Lipinski definition) is 1. The summed E-state index contributed by atoms with van der Waals surface area (Å²) in [6, 6.07) is 9.39. The molecule has 1 nitrogen and oxygen atoms in total. The summed E-state index contributed by atoms with van der Waals surface area (Å²) in [5.41, 5.74) is 3.35. The predicted octanol–water partition coefficient (Wildman–Crippen LogP) is 4.00. The molecule has 2 rings (SSSR count). The molecule has 1 saturated carbocycles. The summed E-state index contributed by atoms with van der Waals surface area (Å²) in [5.74, 6) is 1.14. The third-order valence-electron chi connectivity index (χ3n) is 4.31. The molecule has 0 bridgehead atoms. The minimum atomic E-state index is 0.443. The Hall–Kier alpha value is -0.470. The number of nitrogens with one attached hydrogen (secondary N) is 1. The van der Waals surface area contributed by atoms with Crippen molar-refractivity contribution in [3.63, 3.8) is 0 Å². The van der Waals surface area contributed by atoms with Crippen molar-refractivity contribution in [2.75, 3.05) is 7.05 Å². The van der Waals surface area contributed by atoms with Gasteiger partial charge in [-0.25, -0.2) is 0 Å². The largest absolute Gasteiger partial charge is 0.315 e. The summed E-state index contributed by atoms with van der Waals surface area (Å²) in [6.07, 6.45) is 2.68. The van der Waals surface area contributed by atoms with Crippen LogP contribution < -0.4 is 5.32 Å². The first-order valence-electron chi connectivity index (χ1n) is 6.88. The maximum atomic E-state index is 3.53. The molecular weight excluding hydrogens is 238 g/mol. The predicted molar refractivity (Wildman–Crippen MR) is 82.1 cm³/mol. The third kappa shape index (κ3) is 2.92. The zero-order valence-corrected chi connectivity index (χ0v) is 12.8. The van der Waals surface area contributed by atoms with Gasteiger partial charge in [0.05, 0.1) is 0 Å². The molecule has 1 aliphatic carbocycles. The number of aryl methyl sites for hydroxylation is 1. The highest BCUT2D eigenvalue weighted by Gasteiger charge is 2.40. The van der Waals surface area contributed by atoms with E-state index in [1.54, 1.807) is 0 Å².